The second-order valence-corrected chi connectivity index (χ2v) is 5.56. The lowest BCUT2D eigenvalue weighted by Gasteiger charge is -2.33. The van der Waals surface area contributed by atoms with Gasteiger partial charge in [0.05, 0.1) is 0 Å². The number of hydrogen-bond acceptors (Lipinski definition) is 2. The maximum absolute atomic E-state index is 11.7. The van der Waals surface area contributed by atoms with Crippen LogP contribution in [0.1, 0.15) is 41.0 Å². The predicted molar refractivity (Wildman–Crippen MR) is 90.6 cm³/mol. The van der Waals surface area contributed by atoms with Crippen molar-refractivity contribution in [1.82, 2.24) is 0 Å². The summed E-state index contributed by atoms with van der Waals surface area (Å²) in [5.74, 6) is 0. The van der Waals surface area contributed by atoms with E-state index in [4.69, 9.17) is 0 Å². The number of aliphatic imine (C=N–C) groups is 1. The molecule has 22 heavy (non-hydrogen) atoms. The minimum absolute atomic E-state index is 0.466. The van der Waals surface area contributed by atoms with E-state index in [0.717, 1.165) is 29.0 Å². The number of hydrogen-bond donors (Lipinski definition) is 0. The molecule has 2 aliphatic rings. The highest BCUT2D eigenvalue weighted by Gasteiger charge is 2.09. The third kappa shape index (κ3) is 3.70. The van der Waals surface area contributed by atoms with Crippen LogP contribution in [0.15, 0.2) is 51.3 Å². The Morgan fingerprint density at radius 2 is 2.09 bits per heavy atom. The quantitative estimate of drug-likeness (QED) is 0.518. The second kappa shape index (κ2) is 6.69. The summed E-state index contributed by atoms with van der Waals surface area (Å²) in [5.41, 5.74) is 5.95. The van der Waals surface area contributed by atoms with Crippen molar-refractivity contribution in [2.45, 2.75) is 41.0 Å². The first-order chi connectivity index (χ1) is 10.4. The van der Waals surface area contributed by atoms with Crippen LogP contribution in [0.4, 0.5) is 4.79 Å². The van der Waals surface area contributed by atoms with Gasteiger partial charge in [0.25, 0.3) is 0 Å². The third-order valence-corrected chi connectivity index (χ3v) is 3.47. The van der Waals surface area contributed by atoms with Crippen molar-refractivity contribution in [2.75, 3.05) is 0 Å². The first-order valence-electron chi connectivity index (χ1n) is 7.42. The molecule has 1 aliphatic carbocycles. The van der Waals surface area contributed by atoms with Crippen molar-refractivity contribution in [3.63, 3.8) is 0 Å². The molecular weight excluding hydrogens is 276 g/mol. The zero-order valence-corrected chi connectivity index (χ0v) is 13.8. The molecule has 0 radical (unpaired) electrons. The third-order valence-electron chi connectivity index (χ3n) is 3.47. The summed E-state index contributed by atoms with van der Waals surface area (Å²) >= 11 is 0. The van der Waals surface area contributed by atoms with Crippen LogP contribution in [0, 0.1) is 12.5 Å². The molecule has 0 saturated carbocycles. The Balaban J connectivity index is 2.13. The lowest BCUT2D eigenvalue weighted by molar-refractivity contribution is 0.0705. The Labute approximate surface area is 132 Å². The van der Waals surface area contributed by atoms with Crippen molar-refractivity contribution in [1.29, 1.82) is 0 Å². The molecule has 1 N–H and O–H groups in total. The molecule has 1 heterocycles. The number of nitrogens with zero attached hydrogens (tertiary/aromatic N) is 2. The van der Waals surface area contributed by atoms with Crippen LogP contribution in [0.2, 0.25) is 0 Å². The normalized spacial score (nSPS) is 20.8. The molecule has 0 aromatic rings. The summed E-state index contributed by atoms with van der Waals surface area (Å²) in [6.07, 6.45) is 9.14. The van der Waals surface area contributed by atoms with E-state index in [-0.39, 0.29) is 0 Å². The van der Waals surface area contributed by atoms with E-state index in [0.29, 0.717) is 11.8 Å². The molecule has 1 amide bonds. The van der Waals surface area contributed by atoms with Gasteiger partial charge in [0, 0.05) is 10.5 Å². The highest BCUT2D eigenvalue weighted by molar-refractivity contribution is 6.02. The standard InChI is InChI=1S/C18H23N2O2/c1-6-14-10-17(19-13(14)5)15-7-8-16(12(4)9-15)20-18(21)22-11(2)3/h7-10,22H,6H2,1-5H3,(H,20,21)/q-1/p-1. The van der Waals surface area contributed by atoms with Crippen LogP contribution >= 0.6 is 0 Å². The number of allylic oxidation sites excluding steroid dienone is 6. The topological polar surface area (TPSA) is 56.3 Å². The zero-order chi connectivity index (χ0) is 16.3. The SMILES string of the molecule is CCC1=CC(=C2C=C(C)C([N-]C(=O)[OH+][C-](C)C)=C[CH-]2)N=C1C. The number of ether oxygens (including phenoxy) is 1. The van der Waals surface area contributed by atoms with Crippen LogP contribution in [0.25, 0.3) is 5.32 Å². The van der Waals surface area contributed by atoms with E-state index >= 15 is 0 Å². The lowest BCUT2D eigenvalue weighted by atomic mass is 9.98. The van der Waals surface area contributed by atoms with Crippen molar-refractivity contribution in [2.24, 2.45) is 4.99 Å². The van der Waals surface area contributed by atoms with Crippen molar-refractivity contribution >= 4 is 11.8 Å². The molecule has 0 spiro atoms. The summed E-state index contributed by atoms with van der Waals surface area (Å²) in [4.78, 5) is 16.3. The second-order valence-electron chi connectivity index (χ2n) is 5.56. The van der Waals surface area contributed by atoms with Crippen LogP contribution < -0.4 is 0 Å². The summed E-state index contributed by atoms with van der Waals surface area (Å²) in [5, 5.41) is 4.03. The Morgan fingerprint density at radius 3 is 2.64 bits per heavy atom. The van der Waals surface area contributed by atoms with Gasteiger partial charge in [-0.25, -0.2) is 5.70 Å². The van der Waals surface area contributed by atoms with Crippen LogP contribution in [0.3, 0.4) is 0 Å². The lowest BCUT2D eigenvalue weighted by Crippen LogP contribution is -2.10. The van der Waals surface area contributed by atoms with Gasteiger partial charge < -0.3 is 15.0 Å². The van der Waals surface area contributed by atoms with Gasteiger partial charge in [-0.3, -0.25) is 0 Å². The average Bonchev–Trinajstić information content (AvgIpc) is 2.81. The summed E-state index contributed by atoms with van der Waals surface area (Å²) < 4.78 is 3.82. The van der Waals surface area contributed by atoms with Crippen molar-refractivity contribution in [3.05, 3.63) is 64.2 Å². The Morgan fingerprint density at radius 1 is 1.36 bits per heavy atom. The molecule has 0 atom stereocenters. The van der Waals surface area contributed by atoms with Crippen molar-refractivity contribution in [3.8, 4) is 0 Å². The Bertz CT molecular complexity index is 631. The molecule has 0 saturated heterocycles. The smallest absolute Gasteiger partial charge is 0.425 e. The zero-order valence-electron chi connectivity index (χ0n) is 13.8. The molecule has 0 aromatic heterocycles. The fourth-order valence-electron chi connectivity index (χ4n) is 2.32. The first-order valence-corrected chi connectivity index (χ1v) is 7.42. The number of amides is 1. The molecular formula is C18H22N2O2-2. The molecule has 1 aliphatic heterocycles. The molecule has 4 heteroatoms. The molecule has 0 bridgehead atoms. The highest BCUT2D eigenvalue weighted by Crippen LogP contribution is 2.31. The van der Waals surface area contributed by atoms with E-state index < -0.39 is 6.09 Å². The van der Waals surface area contributed by atoms with E-state index in [1.807, 2.05) is 32.4 Å². The van der Waals surface area contributed by atoms with Crippen LogP contribution in [-0.2, 0) is 0 Å². The monoisotopic (exact) mass is 298 g/mol. The van der Waals surface area contributed by atoms with Crippen LogP contribution in [-0.4, -0.2) is 16.5 Å². The minimum atomic E-state index is -0.466. The predicted octanol–water partition coefficient (Wildman–Crippen LogP) is 5.26. The molecule has 2 rings (SSSR count). The van der Waals surface area contributed by atoms with E-state index in [9.17, 15) is 4.79 Å². The summed E-state index contributed by atoms with van der Waals surface area (Å²) in [7, 11) is 0. The van der Waals surface area contributed by atoms with Crippen molar-refractivity contribution < 1.29 is 9.53 Å². The first kappa shape index (κ1) is 16.1. The van der Waals surface area contributed by atoms with Gasteiger partial charge in [0.1, 0.15) is 0 Å². The van der Waals surface area contributed by atoms with Gasteiger partial charge in [-0.15, -0.1) is 37.5 Å². The number of aliphatic hydroxyl groups is 1. The molecule has 118 valence electrons. The molecule has 0 aromatic carbocycles. The van der Waals surface area contributed by atoms with Crippen LogP contribution in [0.5, 0.6) is 0 Å². The fraction of sp³-hybridized carbons (Fsp3) is 0.333. The van der Waals surface area contributed by atoms with Gasteiger partial charge in [-0.2, -0.15) is 6.08 Å². The number of rotatable bonds is 3. The minimum Gasteiger partial charge on any atom is -0.703 e. The van der Waals surface area contributed by atoms with E-state index in [2.05, 4.69) is 28.0 Å². The molecule has 4 nitrogen and oxygen atoms in total. The maximum atomic E-state index is 11.7. The van der Waals surface area contributed by atoms with Gasteiger partial charge >= 0.3 is 6.09 Å². The maximum Gasteiger partial charge on any atom is 0.425 e. The summed E-state index contributed by atoms with van der Waals surface area (Å²) in [6, 6.07) is 0. The summed E-state index contributed by atoms with van der Waals surface area (Å²) in [6.45, 7) is 9.65. The highest BCUT2D eigenvalue weighted by atomic mass is 16.6. The number of carbonyl (C=O) groups is 1. The fourth-order valence-corrected chi connectivity index (χ4v) is 2.32. The van der Waals surface area contributed by atoms with E-state index in [1.165, 1.54) is 5.57 Å². The van der Waals surface area contributed by atoms with Gasteiger partial charge in [-0.05, 0) is 24.6 Å². The van der Waals surface area contributed by atoms with E-state index in [1.54, 1.807) is 13.8 Å². The largest absolute Gasteiger partial charge is 0.703 e. The van der Waals surface area contributed by atoms with Gasteiger partial charge in [0.15, 0.2) is 0 Å². The Hall–Kier alpha value is -2.23. The molecule has 0 unspecified atom stereocenters. The van der Waals surface area contributed by atoms with Gasteiger partial charge in [0.2, 0.25) is 0 Å². The molecule has 0 fully saturated rings. The average molecular weight is 298 g/mol. The van der Waals surface area contributed by atoms with Gasteiger partial charge in [-0.1, -0.05) is 26.0 Å². The Kier molecular flexibility index (Phi) is 4.91.